The van der Waals surface area contributed by atoms with Crippen molar-refractivity contribution in [1.82, 2.24) is 24.8 Å². The Labute approximate surface area is 176 Å². The number of aromatic nitrogens is 4. The van der Waals surface area contributed by atoms with Crippen molar-refractivity contribution in [2.24, 2.45) is 0 Å². The van der Waals surface area contributed by atoms with Crippen molar-refractivity contribution in [2.75, 3.05) is 31.3 Å². The van der Waals surface area contributed by atoms with E-state index in [-0.39, 0.29) is 0 Å². The van der Waals surface area contributed by atoms with Crippen LogP contribution in [0.4, 0.5) is 17.5 Å². The molecule has 1 aliphatic carbocycles. The van der Waals surface area contributed by atoms with Gasteiger partial charge in [-0.05, 0) is 37.6 Å². The summed E-state index contributed by atoms with van der Waals surface area (Å²) in [5, 5.41) is 7.86. The molecule has 2 aliphatic rings. The van der Waals surface area contributed by atoms with E-state index in [1.807, 2.05) is 18.5 Å². The molecule has 0 bridgehead atoms. The molecule has 0 aromatic carbocycles. The number of anilines is 3. The third-order valence-corrected chi connectivity index (χ3v) is 5.96. The molecule has 156 valence electrons. The fourth-order valence-corrected chi connectivity index (χ4v) is 4.34. The number of hydrogen-bond acceptors (Lipinski definition) is 8. The van der Waals surface area contributed by atoms with Gasteiger partial charge < -0.3 is 20.3 Å². The molecular weight excluding hydrogens is 378 g/mol. The van der Waals surface area contributed by atoms with Gasteiger partial charge in [-0.15, -0.1) is 0 Å². The van der Waals surface area contributed by atoms with Crippen molar-refractivity contribution in [3.8, 4) is 5.88 Å². The molecule has 0 spiro atoms. The maximum atomic E-state index is 5.54. The molecule has 2 N–H and O–H groups in total. The van der Waals surface area contributed by atoms with E-state index in [1.54, 1.807) is 7.11 Å². The van der Waals surface area contributed by atoms with Crippen LogP contribution in [0.2, 0.25) is 0 Å². The third kappa shape index (κ3) is 3.75. The van der Waals surface area contributed by atoms with Crippen LogP contribution in [0.1, 0.15) is 36.9 Å². The number of hydrogen-bond donors (Lipinski definition) is 2. The largest absolute Gasteiger partial charge is 0.480 e. The van der Waals surface area contributed by atoms with Crippen molar-refractivity contribution in [2.45, 2.75) is 44.7 Å². The highest BCUT2D eigenvalue weighted by molar-refractivity contribution is 5.88. The molecule has 1 fully saturated rings. The first-order valence-corrected chi connectivity index (χ1v) is 10.6. The zero-order valence-corrected chi connectivity index (χ0v) is 17.5. The Morgan fingerprint density at radius 1 is 1.17 bits per heavy atom. The van der Waals surface area contributed by atoms with Crippen LogP contribution >= 0.6 is 0 Å². The van der Waals surface area contributed by atoms with Crippen LogP contribution in [0.15, 0.2) is 24.5 Å². The number of fused-ring (bicyclic) bond motifs is 2. The molecule has 3 aromatic rings. The number of rotatable bonds is 5. The van der Waals surface area contributed by atoms with Crippen molar-refractivity contribution in [1.29, 1.82) is 0 Å². The van der Waals surface area contributed by atoms with E-state index in [0.717, 1.165) is 47.6 Å². The maximum Gasteiger partial charge on any atom is 0.237 e. The molecule has 0 atom stereocenters. The molecule has 0 amide bonds. The van der Waals surface area contributed by atoms with E-state index >= 15 is 0 Å². The average molecular weight is 406 g/mol. The summed E-state index contributed by atoms with van der Waals surface area (Å²) in [6.07, 6.45) is 9.47. The van der Waals surface area contributed by atoms with Crippen LogP contribution in [-0.4, -0.2) is 51.6 Å². The second-order valence-electron chi connectivity index (χ2n) is 8.18. The number of nitrogens with one attached hydrogen (secondary N) is 2. The van der Waals surface area contributed by atoms with Crippen molar-refractivity contribution >= 4 is 28.4 Å². The fraction of sp³-hybridized carbons (Fsp3) is 0.455. The summed E-state index contributed by atoms with van der Waals surface area (Å²) in [6, 6.07) is 4.51. The number of nitrogens with zero attached hydrogens (tertiary/aromatic N) is 5. The van der Waals surface area contributed by atoms with Crippen molar-refractivity contribution in [3.63, 3.8) is 0 Å². The predicted octanol–water partition coefficient (Wildman–Crippen LogP) is 3.51. The first kappa shape index (κ1) is 19.0. The normalized spacial score (nSPS) is 17.1. The second-order valence-corrected chi connectivity index (χ2v) is 8.18. The molecule has 8 nitrogen and oxygen atoms in total. The van der Waals surface area contributed by atoms with Crippen LogP contribution in [0.25, 0.3) is 10.9 Å². The van der Waals surface area contributed by atoms with Gasteiger partial charge in [-0.25, -0.2) is 19.9 Å². The summed E-state index contributed by atoms with van der Waals surface area (Å²) in [6.45, 7) is 1.88. The summed E-state index contributed by atoms with van der Waals surface area (Å²) in [4.78, 5) is 20.8. The van der Waals surface area contributed by atoms with Crippen molar-refractivity contribution in [3.05, 3.63) is 35.8 Å². The lowest BCUT2D eigenvalue weighted by molar-refractivity contribution is 0.307. The topological polar surface area (TPSA) is 88.1 Å². The van der Waals surface area contributed by atoms with E-state index in [0.29, 0.717) is 17.9 Å². The summed E-state index contributed by atoms with van der Waals surface area (Å²) in [7, 11) is 3.77. The Kier molecular flexibility index (Phi) is 5.08. The highest BCUT2D eigenvalue weighted by Gasteiger charge is 2.20. The average Bonchev–Trinajstić information content (AvgIpc) is 3.27. The van der Waals surface area contributed by atoms with E-state index in [9.17, 15) is 0 Å². The number of ether oxygens (including phenoxy) is 1. The molecule has 4 heterocycles. The van der Waals surface area contributed by atoms with E-state index < -0.39 is 0 Å². The molecule has 1 saturated carbocycles. The zero-order valence-electron chi connectivity index (χ0n) is 17.5. The SMILES string of the molecule is COc1nc2c(cc1Nc1ncc3ccnc(NC4CCCC4)c3n1)CN(C)CC2. The molecule has 3 aromatic heterocycles. The lowest BCUT2D eigenvalue weighted by Gasteiger charge is -2.25. The fourth-order valence-electron chi connectivity index (χ4n) is 4.34. The third-order valence-electron chi connectivity index (χ3n) is 5.96. The Bertz CT molecular complexity index is 1060. The highest BCUT2D eigenvalue weighted by Crippen LogP contribution is 2.31. The van der Waals surface area contributed by atoms with Gasteiger partial charge in [0, 0.05) is 43.3 Å². The maximum absolute atomic E-state index is 5.54. The Morgan fingerprint density at radius 3 is 2.87 bits per heavy atom. The first-order chi connectivity index (χ1) is 14.7. The summed E-state index contributed by atoms with van der Waals surface area (Å²) < 4.78 is 5.54. The van der Waals surface area contributed by atoms with Crippen LogP contribution in [-0.2, 0) is 13.0 Å². The van der Waals surface area contributed by atoms with Crippen molar-refractivity contribution < 1.29 is 4.74 Å². The Balaban J connectivity index is 1.47. The minimum Gasteiger partial charge on any atom is -0.480 e. The molecule has 0 radical (unpaired) electrons. The highest BCUT2D eigenvalue weighted by atomic mass is 16.5. The van der Waals surface area contributed by atoms with Crippen LogP contribution < -0.4 is 15.4 Å². The second kappa shape index (κ2) is 8.02. The summed E-state index contributed by atoms with van der Waals surface area (Å²) in [5.74, 6) is 1.90. The molecule has 0 saturated heterocycles. The Morgan fingerprint density at radius 2 is 2.03 bits per heavy atom. The van der Waals surface area contributed by atoms with Gasteiger partial charge >= 0.3 is 0 Å². The molecular formula is C22H27N7O. The predicted molar refractivity (Wildman–Crippen MR) is 117 cm³/mol. The Hall–Kier alpha value is -3.00. The van der Waals surface area contributed by atoms with E-state index in [1.165, 1.54) is 31.2 Å². The van der Waals surface area contributed by atoms with Gasteiger partial charge in [0.05, 0.1) is 12.8 Å². The smallest absolute Gasteiger partial charge is 0.237 e. The molecule has 8 heteroatoms. The number of likely N-dealkylation sites (N-methyl/N-ethyl adjacent to an activating group) is 1. The lowest BCUT2D eigenvalue weighted by Crippen LogP contribution is -2.27. The molecule has 30 heavy (non-hydrogen) atoms. The summed E-state index contributed by atoms with van der Waals surface area (Å²) >= 11 is 0. The van der Waals surface area contributed by atoms with Gasteiger partial charge in [-0.2, -0.15) is 0 Å². The van der Waals surface area contributed by atoms with Crippen LogP contribution in [0, 0.1) is 0 Å². The summed E-state index contributed by atoms with van der Waals surface area (Å²) in [5.41, 5.74) is 3.91. The van der Waals surface area contributed by atoms with Gasteiger partial charge in [0.15, 0.2) is 5.82 Å². The van der Waals surface area contributed by atoms with Crippen LogP contribution in [0.3, 0.4) is 0 Å². The van der Waals surface area contributed by atoms with Gasteiger partial charge in [-0.1, -0.05) is 12.8 Å². The minimum absolute atomic E-state index is 0.469. The monoisotopic (exact) mass is 405 g/mol. The molecule has 0 unspecified atom stereocenters. The zero-order chi connectivity index (χ0) is 20.5. The van der Waals surface area contributed by atoms with Gasteiger partial charge in [0.25, 0.3) is 0 Å². The number of methoxy groups -OCH3 is 1. The molecule has 5 rings (SSSR count). The quantitative estimate of drug-likeness (QED) is 0.667. The minimum atomic E-state index is 0.469. The van der Waals surface area contributed by atoms with E-state index in [2.05, 4.69) is 38.6 Å². The first-order valence-electron chi connectivity index (χ1n) is 10.6. The lowest BCUT2D eigenvalue weighted by atomic mass is 10.1. The van der Waals surface area contributed by atoms with Gasteiger partial charge in [0.1, 0.15) is 11.2 Å². The van der Waals surface area contributed by atoms with Gasteiger partial charge in [0.2, 0.25) is 11.8 Å². The standard InChI is InChI=1S/C22H27N7O/c1-29-10-8-17-15(13-29)11-18(21(26-17)30-2)27-22-24-12-14-7-9-23-20(19(14)28-22)25-16-5-3-4-6-16/h7,9,11-12,16H,3-6,8,10,13H2,1-2H3,(H,23,25)(H,24,27,28). The van der Waals surface area contributed by atoms with Crippen LogP contribution in [0.5, 0.6) is 5.88 Å². The van der Waals surface area contributed by atoms with Gasteiger partial charge in [-0.3, -0.25) is 0 Å². The number of pyridine rings is 2. The molecule has 1 aliphatic heterocycles. The van der Waals surface area contributed by atoms with E-state index in [4.69, 9.17) is 14.7 Å².